The van der Waals surface area contributed by atoms with Crippen LogP contribution in [0.4, 0.5) is 0 Å². The molecule has 0 aromatic heterocycles. The molecule has 1 saturated heterocycles. The van der Waals surface area contributed by atoms with Crippen LogP contribution < -0.4 is 5.32 Å². The maximum absolute atomic E-state index is 12.5. The third kappa shape index (κ3) is 2.73. The molecule has 0 radical (unpaired) electrons. The molecular formula is C14H17ClN2O2. The lowest BCUT2D eigenvalue weighted by Crippen LogP contribution is -2.56. The van der Waals surface area contributed by atoms with Crippen molar-refractivity contribution in [1.82, 2.24) is 10.2 Å². The van der Waals surface area contributed by atoms with E-state index in [9.17, 15) is 9.59 Å². The monoisotopic (exact) mass is 280 g/mol. The van der Waals surface area contributed by atoms with Crippen molar-refractivity contribution in [3.63, 3.8) is 0 Å². The summed E-state index contributed by atoms with van der Waals surface area (Å²) in [5, 5.41) is 3.42. The first-order chi connectivity index (χ1) is 9.04. The highest BCUT2D eigenvalue weighted by molar-refractivity contribution is 6.31. The Morgan fingerprint density at radius 1 is 1.53 bits per heavy atom. The number of piperazine rings is 1. The summed E-state index contributed by atoms with van der Waals surface area (Å²) in [5.41, 5.74) is 1.44. The summed E-state index contributed by atoms with van der Waals surface area (Å²) < 4.78 is 0. The average Bonchev–Trinajstić information content (AvgIpc) is 2.40. The fourth-order valence-corrected chi connectivity index (χ4v) is 2.42. The highest BCUT2D eigenvalue weighted by Crippen LogP contribution is 2.19. The van der Waals surface area contributed by atoms with E-state index in [-0.39, 0.29) is 17.9 Å². The van der Waals surface area contributed by atoms with Crippen LogP contribution >= 0.6 is 11.6 Å². The molecule has 5 heteroatoms. The van der Waals surface area contributed by atoms with E-state index in [1.54, 1.807) is 23.1 Å². The van der Waals surface area contributed by atoms with Gasteiger partial charge in [-0.3, -0.25) is 9.59 Å². The van der Waals surface area contributed by atoms with Gasteiger partial charge >= 0.3 is 0 Å². The Kier molecular flexibility index (Phi) is 4.10. The van der Waals surface area contributed by atoms with Crippen LogP contribution in [0.1, 0.15) is 29.3 Å². The van der Waals surface area contributed by atoms with Crippen LogP contribution in [0.3, 0.4) is 0 Å². The molecule has 4 nitrogen and oxygen atoms in total. The first-order valence-electron chi connectivity index (χ1n) is 6.39. The molecule has 1 aliphatic heterocycles. The third-order valence-electron chi connectivity index (χ3n) is 3.38. The Bertz CT molecular complexity index is 516. The van der Waals surface area contributed by atoms with Gasteiger partial charge in [0.25, 0.3) is 5.91 Å². The molecule has 2 rings (SSSR count). The molecule has 1 aromatic carbocycles. The Morgan fingerprint density at radius 3 is 2.89 bits per heavy atom. The molecule has 0 aliphatic carbocycles. The van der Waals surface area contributed by atoms with Gasteiger partial charge in [-0.05, 0) is 37.1 Å². The van der Waals surface area contributed by atoms with Gasteiger partial charge in [-0.1, -0.05) is 18.5 Å². The number of carbonyl (C=O) groups excluding carboxylic acids is 2. The van der Waals surface area contributed by atoms with Crippen LogP contribution in [0.5, 0.6) is 0 Å². The molecule has 0 bridgehead atoms. The summed E-state index contributed by atoms with van der Waals surface area (Å²) in [5.74, 6) is -0.186. The number of benzene rings is 1. The molecule has 1 heterocycles. The van der Waals surface area contributed by atoms with Gasteiger partial charge < -0.3 is 10.2 Å². The van der Waals surface area contributed by atoms with Crippen molar-refractivity contribution in [2.24, 2.45) is 0 Å². The number of nitrogens with zero attached hydrogens (tertiary/aromatic N) is 1. The van der Waals surface area contributed by atoms with Crippen molar-refractivity contribution >= 4 is 23.4 Å². The second-order valence-electron chi connectivity index (χ2n) is 4.68. The Hall–Kier alpha value is -1.55. The lowest BCUT2D eigenvalue weighted by Gasteiger charge is -2.34. The molecule has 1 aliphatic rings. The maximum Gasteiger partial charge on any atom is 0.254 e. The van der Waals surface area contributed by atoms with Crippen LogP contribution in [0, 0.1) is 6.92 Å². The van der Waals surface area contributed by atoms with Gasteiger partial charge in [0, 0.05) is 23.7 Å². The van der Waals surface area contributed by atoms with Crippen LogP contribution in [-0.4, -0.2) is 35.8 Å². The van der Waals surface area contributed by atoms with Gasteiger partial charge in [0.05, 0.1) is 0 Å². The molecule has 102 valence electrons. The minimum atomic E-state index is -0.378. The zero-order valence-corrected chi connectivity index (χ0v) is 11.8. The topological polar surface area (TPSA) is 49.4 Å². The molecular weight excluding hydrogens is 264 g/mol. The SMILES string of the molecule is CCC1C(=O)NCCN1C(=O)c1ccc(Cl)c(C)c1. The highest BCUT2D eigenvalue weighted by atomic mass is 35.5. The maximum atomic E-state index is 12.5. The lowest BCUT2D eigenvalue weighted by molar-refractivity contribution is -0.127. The first kappa shape index (κ1) is 13.9. The summed E-state index contributed by atoms with van der Waals surface area (Å²) in [4.78, 5) is 25.9. The summed E-state index contributed by atoms with van der Waals surface area (Å²) >= 11 is 5.96. The quantitative estimate of drug-likeness (QED) is 0.901. The second kappa shape index (κ2) is 5.61. The zero-order valence-electron chi connectivity index (χ0n) is 11.1. The number of nitrogens with one attached hydrogen (secondary N) is 1. The predicted molar refractivity (Wildman–Crippen MR) is 74.3 cm³/mol. The molecule has 1 unspecified atom stereocenters. The Balaban J connectivity index is 2.26. The van der Waals surface area contributed by atoms with Gasteiger partial charge in [-0.15, -0.1) is 0 Å². The summed E-state index contributed by atoms with van der Waals surface area (Å²) in [6.45, 7) is 4.82. The van der Waals surface area contributed by atoms with E-state index in [0.717, 1.165) is 5.56 Å². The number of rotatable bonds is 2. The van der Waals surface area contributed by atoms with Gasteiger partial charge in [0.2, 0.25) is 5.91 Å². The van der Waals surface area contributed by atoms with Crippen molar-refractivity contribution < 1.29 is 9.59 Å². The summed E-state index contributed by atoms with van der Waals surface area (Å²) in [7, 11) is 0. The van der Waals surface area contributed by atoms with Crippen molar-refractivity contribution in [1.29, 1.82) is 0 Å². The second-order valence-corrected chi connectivity index (χ2v) is 5.08. The van der Waals surface area contributed by atoms with E-state index >= 15 is 0 Å². The van der Waals surface area contributed by atoms with E-state index < -0.39 is 0 Å². The fraction of sp³-hybridized carbons (Fsp3) is 0.429. The van der Waals surface area contributed by atoms with Crippen LogP contribution in [-0.2, 0) is 4.79 Å². The molecule has 1 N–H and O–H groups in total. The van der Waals surface area contributed by atoms with Gasteiger partial charge in [-0.25, -0.2) is 0 Å². The molecule has 19 heavy (non-hydrogen) atoms. The van der Waals surface area contributed by atoms with Crippen molar-refractivity contribution in [2.75, 3.05) is 13.1 Å². The molecule has 2 amide bonds. The molecule has 1 aromatic rings. The number of amides is 2. The Labute approximate surface area is 117 Å². The van der Waals surface area contributed by atoms with Gasteiger partial charge in [0.15, 0.2) is 0 Å². The van der Waals surface area contributed by atoms with Crippen LogP contribution in [0.2, 0.25) is 5.02 Å². The third-order valence-corrected chi connectivity index (χ3v) is 3.81. The fourth-order valence-electron chi connectivity index (χ4n) is 2.31. The van der Waals surface area contributed by atoms with Gasteiger partial charge in [-0.2, -0.15) is 0 Å². The normalized spacial score (nSPS) is 19.2. The molecule has 1 atom stereocenters. The standard InChI is InChI=1S/C14H17ClN2O2/c1-3-12-13(18)16-6-7-17(12)14(19)10-4-5-11(15)9(2)8-10/h4-5,8,12H,3,6-7H2,1-2H3,(H,16,18). The van der Waals surface area contributed by atoms with Crippen LogP contribution in [0.15, 0.2) is 18.2 Å². The predicted octanol–water partition coefficient (Wildman–Crippen LogP) is 2.00. The summed E-state index contributed by atoms with van der Waals surface area (Å²) in [6.07, 6.45) is 0.615. The zero-order chi connectivity index (χ0) is 14.0. The van der Waals surface area contributed by atoms with E-state index in [2.05, 4.69) is 5.32 Å². The van der Waals surface area contributed by atoms with Crippen molar-refractivity contribution in [2.45, 2.75) is 26.3 Å². The van der Waals surface area contributed by atoms with E-state index in [4.69, 9.17) is 11.6 Å². The molecule has 0 spiro atoms. The van der Waals surface area contributed by atoms with Gasteiger partial charge in [0.1, 0.15) is 6.04 Å². The first-order valence-corrected chi connectivity index (χ1v) is 6.77. The molecule has 0 saturated carbocycles. The smallest absolute Gasteiger partial charge is 0.254 e. The van der Waals surface area contributed by atoms with Crippen molar-refractivity contribution in [3.05, 3.63) is 34.3 Å². The summed E-state index contributed by atoms with van der Waals surface area (Å²) in [6, 6.07) is 4.81. The molecule has 1 fully saturated rings. The Morgan fingerprint density at radius 2 is 2.26 bits per heavy atom. The number of hydrogen-bond donors (Lipinski definition) is 1. The lowest BCUT2D eigenvalue weighted by atomic mass is 10.1. The number of carbonyl (C=O) groups is 2. The number of hydrogen-bond acceptors (Lipinski definition) is 2. The number of halogens is 1. The minimum Gasteiger partial charge on any atom is -0.353 e. The van der Waals surface area contributed by atoms with E-state index in [1.165, 1.54) is 0 Å². The largest absolute Gasteiger partial charge is 0.353 e. The average molecular weight is 281 g/mol. The van der Waals surface area contributed by atoms with E-state index in [1.807, 2.05) is 13.8 Å². The van der Waals surface area contributed by atoms with Crippen molar-refractivity contribution in [3.8, 4) is 0 Å². The highest BCUT2D eigenvalue weighted by Gasteiger charge is 2.32. The van der Waals surface area contributed by atoms with E-state index in [0.29, 0.717) is 30.1 Å². The number of aryl methyl sites for hydroxylation is 1. The van der Waals surface area contributed by atoms with Crippen LogP contribution in [0.25, 0.3) is 0 Å². The minimum absolute atomic E-state index is 0.0761.